The van der Waals surface area contributed by atoms with Crippen LogP contribution in [-0.4, -0.2) is 35.3 Å². The van der Waals surface area contributed by atoms with Crippen molar-refractivity contribution in [1.82, 2.24) is 4.90 Å². The van der Waals surface area contributed by atoms with Gasteiger partial charge in [0.1, 0.15) is 6.04 Å². The summed E-state index contributed by atoms with van der Waals surface area (Å²) in [6, 6.07) is 15.9. The van der Waals surface area contributed by atoms with Crippen molar-refractivity contribution >= 4 is 52.6 Å². The Balaban J connectivity index is 1.37. The Hall–Kier alpha value is -3.81. The maximum atomic E-state index is 14.1. The molecule has 4 heterocycles. The third kappa shape index (κ3) is 3.17. The van der Waals surface area contributed by atoms with Crippen LogP contribution in [0.15, 0.2) is 66.9 Å². The van der Waals surface area contributed by atoms with Crippen LogP contribution in [-0.2, 0) is 9.59 Å². The Morgan fingerprint density at radius 2 is 1.68 bits per heavy atom. The monoisotopic (exact) mass is 532 g/mol. The van der Waals surface area contributed by atoms with Gasteiger partial charge in [0.15, 0.2) is 17.3 Å². The van der Waals surface area contributed by atoms with Crippen LogP contribution in [0, 0.1) is 11.8 Å². The number of rotatable bonds is 3. The molecular weight excluding hydrogens is 515 g/mol. The van der Waals surface area contributed by atoms with Gasteiger partial charge in [-0.3, -0.25) is 14.4 Å². The number of ketones is 1. The highest BCUT2D eigenvalue weighted by Gasteiger charge is 2.64. The van der Waals surface area contributed by atoms with E-state index in [1.165, 1.54) is 6.07 Å². The van der Waals surface area contributed by atoms with E-state index in [0.29, 0.717) is 22.1 Å². The molecule has 0 bridgehead atoms. The fraction of sp³-hybridized carbons (Fsp3) is 0.179. The fourth-order valence-corrected chi connectivity index (χ4v) is 6.47. The Morgan fingerprint density at radius 1 is 0.892 bits per heavy atom. The highest BCUT2D eigenvalue weighted by molar-refractivity contribution is 6.38. The van der Waals surface area contributed by atoms with Crippen LogP contribution in [0.3, 0.4) is 0 Å². The second kappa shape index (κ2) is 8.10. The molecule has 0 N–H and O–H groups in total. The van der Waals surface area contributed by atoms with Crippen LogP contribution in [0.2, 0.25) is 10.0 Å². The Kier molecular flexibility index (Phi) is 4.90. The first kappa shape index (κ1) is 22.4. The van der Waals surface area contributed by atoms with Crippen molar-refractivity contribution in [2.45, 2.75) is 12.1 Å². The number of carbonyl (C=O) groups is 3. The Morgan fingerprint density at radius 3 is 2.51 bits per heavy atom. The fourth-order valence-electron chi connectivity index (χ4n) is 5.98. The van der Waals surface area contributed by atoms with E-state index in [2.05, 4.69) is 0 Å². The quantitative estimate of drug-likeness (QED) is 0.344. The molecule has 184 valence electrons. The summed E-state index contributed by atoms with van der Waals surface area (Å²) >= 11 is 12.5. The van der Waals surface area contributed by atoms with Crippen molar-refractivity contribution in [3.8, 4) is 11.5 Å². The Labute approximate surface area is 221 Å². The van der Waals surface area contributed by atoms with Crippen molar-refractivity contribution in [3.63, 3.8) is 0 Å². The molecule has 0 aromatic heterocycles. The zero-order valence-electron chi connectivity index (χ0n) is 19.1. The van der Waals surface area contributed by atoms with Gasteiger partial charge in [0.05, 0.1) is 28.6 Å². The van der Waals surface area contributed by atoms with E-state index in [1.54, 1.807) is 30.3 Å². The molecule has 4 aliphatic heterocycles. The van der Waals surface area contributed by atoms with E-state index in [9.17, 15) is 14.4 Å². The molecule has 1 unspecified atom stereocenters. The topological polar surface area (TPSA) is 76.1 Å². The van der Waals surface area contributed by atoms with E-state index in [0.717, 1.165) is 16.0 Å². The number of anilines is 1. The van der Waals surface area contributed by atoms with Gasteiger partial charge >= 0.3 is 0 Å². The van der Waals surface area contributed by atoms with Gasteiger partial charge in [-0.2, -0.15) is 0 Å². The second-order valence-electron chi connectivity index (χ2n) is 9.37. The second-order valence-corrected chi connectivity index (χ2v) is 10.2. The third-order valence-electron chi connectivity index (χ3n) is 7.54. The minimum Gasteiger partial charge on any atom is -0.454 e. The van der Waals surface area contributed by atoms with Gasteiger partial charge in [0, 0.05) is 16.8 Å². The predicted octanol–water partition coefficient (Wildman–Crippen LogP) is 5.12. The van der Waals surface area contributed by atoms with Crippen molar-refractivity contribution in [2.24, 2.45) is 11.8 Å². The average Bonchev–Trinajstić information content (AvgIpc) is 3.57. The van der Waals surface area contributed by atoms with E-state index in [-0.39, 0.29) is 29.2 Å². The molecule has 2 fully saturated rings. The maximum absolute atomic E-state index is 14.1. The summed E-state index contributed by atoms with van der Waals surface area (Å²) in [7, 11) is 0. The number of halogens is 2. The third-order valence-corrected chi connectivity index (χ3v) is 8.08. The Bertz CT molecular complexity index is 1550. The number of imide groups is 1. The number of nitrogens with zero attached hydrogens (tertiary/aromatic N) is 2. The molecule has 3 aromatic carbocycles. The van der Waals surface area contributed by atoms with Gasteiger partial charge in [-0.25, -0.2) is 4.90 Å². The molecule has 0 saturated carbocycles. The van der Waals surface area contributed by atoms with Crippen molar-refractivity contribution in [1.29, 1.82) is 0 Å². The molecule has 4 atom stereocenters. The first-order valence-electron chi connectivity index (χ1n) is 11.8. The number of Topliss-reactive ketones (excluding diaryl/α,β-unsaturated/α-hetero) is 1. The minimum atomic E-state index is -0.905. The molecule has 2 amide bonds. The van der Waals surface area contributed by atoms with Gasteiger partial charge in [-0.05, 0) is 53.6 Å². The summed E-state index contributed by atoms with van der Waals surface area (Å²) in [5.41, 5.74) is 2.48. The van der Waals surface area contributed by atoms with E-state index < -0.39 is 29.8 Å². The maximum Gasteiger partial charge on any atom is 0.240 e. The van der Waals surface area contributed by atoms with Crippen LogP contribution >= 0.6 is 23.2 Å². The summed E-state index contributed by atoms with van der Waals surface area (Å²) in [4.78, 5) is 45.0. The van der Waals surface area contributed by atoms with Gasteiger partial charge in [-0.1, -0.05) is 47.5 Å². The van der Waals surface area contributed by atoms with Crippen molar-refractivity contribution < 1.29 is 23.9 Å². The largest absolute Gasteiger partial charge is 0.454 e. The minimum absolute atomic E-state index is 0.0820. The van der Waals surface area contributed by atoms with Gasteiger partial charge in [0.25, 0.3) is 0 Å². The number of hydrogen-bond donors (Lipinski definition) is 0. The summed E-state index contributed by atoms with van der Waals surface area (Å²) in [6.45, 7) is 0.0820. The van der Waals surface area contributed by atoms with Crippen LogP contribution < -0.4 is 14.4 Å². The lowest BCUT2D eigenvalue weighted by molar-refractivity contribution is -0.123. The zero-order valence-corrected chi connectivity index (χ0v) is 20.6. The zero-order chi connectivity index (χ0) is 25.4. The normalized spacial score (nSPS) is 24.8. The van der Waals surface area contributed by atoms with Crippen LogP contribution in [0.25, 0.3) is 6.08 Å². The molecular formula is C28H18Cl2N2O5. The number of ether oxygens (including phenoxy) is 2. The van der Waals surface area contributed by atoms with E-state index in [4.69, 9.17) is 32.7 Å². The first-order valence-corrected chi connectivity index (χ1v) is 12.5. The average molecular weight is 533 g/mol. The number of amides is 2. The summed E-state index contributed by atoms with van der Waals surface area (Å²) in [5.74, 6) is -1.77. The number of carbonyl (C=O) groups excluding carboxylic acids is 3. The number of benzene rings is 3. The molecule has 0 spiro atoms. The van der Waals surface area contributed by atoms with E-state index in [1.807, 2.05) is 41.4 Å². The molecule has 4 aliphatic rings. The molecule has 37 heavy (non-hydrogen) atoms. The molecule has 0 aliphatic carbocycles. The van der Waals surface area contributed by atoms with Crippen LogP contribution in [0.5, 0.6) is 11.5 Å². The molecule has 7 nitrogen and oxygen atoms in total. The molecule has 3 aromatic rings. The van der Waals surface area contributed by atoms with Crippen molar-refractivity contribution in [3.05, 3.63) is 93.6 Å². The summed E-state index contributed by atoms with van der Waals surface area (Å²) in [5, 5.41) is 0.579. The molecule has 7 rings (SSSR count). The predicted molar refractivity (Wildman–Crippen MR) is 137 cm³/mol. The lowest BCUT2D eigenvalue weighted by atomic mass is 9.83. The highest BCUT2D eigenvalue weighted by Crippen LogP contribution is 2.54. The number of hydrogen-bond acceptors (Lipinski definition) is 6. The van der Waals surface area contributed by atoms with Crippen LogP contribution in [0.1, 0.15) is 27.5 Å². The van der Waals surface area contributed by atoms with Crippen molar-refractivity contribution in [2.75, 3.05) is 11.7 Å². The summed E-state index contributed by atoms with van der Waals surface area (Å²) < 4.78 is 10.9. The smallest absolute Gasteiger partial charge is 0.240 e. The lowest BCUT2D eigenvalue weighted by Crippen LogP contribution is -2.44. The van der Waals surface area contributed by atoms with Gasteiger partial charge in [-0.15, -0.1) is 0 Å². The summed E-state index contributed by atoms with van der Waals surface area (Å²) in [6.07, 6.45) is 3.73. The first-order chi connectivity index (χ1) is 17.9. The SMILES string of the molecule is O=C(c1ccc2c(c1)OCO2)[C@@H]1[C@@H]2C(=O)N(c3ccc(Cl)cc3Cl)C(=O)[C@@H]2C2c3ccccc3C=CN21. The molecule has 9 heteroatoms. The van der Waals surface area contributed by atoms with Gasteiger partial charge < -0.3 is 14.4 Å². The van der Waals surface area contributed by atoms with E-state index >= 15 is 0 Å². The standard InChI is InChI=1S/C28H18Cl2N2O5/c29-16-6-7-19(18(30)12-16)32-27(34)22-23(28(32)35)25(26(33)15-5-8-20-21(11-15)37-13-36-20)31-10-9-14-3-1-2-4-17(14)24(22)31/h1-12,22-25H,13H2/t22-,23+,24?,25-/m0/s1. The highest BCUT2D eigenvalue weighted by atomic mass is 35.5. The molecule has 0 radical (unpaired) electrons. The lowest BCUT2D eigenvalue weighted by Gasteiger charge is -2.35. The van der Waals surface area contributed by atoms with Crippen LogP contribution in [0.4, 0.5) is 5.69 Å². The van der Waals surface area contributed by atoms with Gasteiger partial charge in [0.2, 0.25) is 18.6 Å². The number of fused-ring (bicyclic) bond motifs is 6. The molecule has 2 saturated heterocycles.